The van der Waals surface area contributed by atoms with Crippen molar-refractivity contribution in [2.24, 2.45) is 0 Å². The predicted octanol–water partition coefficient (Wildman–Crippen LogP) is 4.07. The zero-order valence-electron chi connectivity index (χ0n) is 11.0. The molecular weight excluding hydrogens is 258 g/mol. The third kappa shape index (κ3) is 4.58. The maximum Gasteiger partial charge on any atom is 0.119 e. The number of hydrogen-bond donors (Lipinski definition) is 1. The van der Waals surface area contributed by atoms with Crippen LogP contribution in [0.4, 0.5) is 0 Å². The van der Waals surface area contributed by atoms with Crippen molar-refractivity contribution in [2.45, 2.75) is 13.0 Å². The van der Waals surface area contributed by atoms with Gasteiger partial charge in [0.1, 0.15) is 12.4 Å². The largest absolute Gasteiger partial charge is 0.492 e. The van der Waals surface area contributed by atoms with E-state index < -0.39 is 0 Å². The monoisotopic (exact) mass is 275 g/mol. The summed E-state index contributed by atoms with van der Waals surface area (Å²) >= 11 is 5.87. The lowest BCUT2D eigenvalue weighted by atomic mass is 10.1. The van der Waals surface area contributed by atoms with E-state index in [0.717, 1.165) is 17.3 Å². The van der Waals surface area contributed by atoms with Gasteiger partial charge in [-0.1, -0.05) is 41.9 Å². The molecule has 0 aromatic heterocycles. The molecule has 0 aliphatic heterocycles. The molecule has 2 rings (SSSR count). The van der Waals surface area contributed by atoms with Crippen LogP contribution in [0, 0.1) is 0 Å². The maximum atomic E-state index is 5.87. The molecule has 1 atom stereocenters. The van der Waals surface area contributed by atoms with Crippen molar-refractivity contribution < 1.29 is 4.74 Å². The van der Waals surface area contributed by atoms with Gasteiger partial charge in [-0.15, -0.1) is 0 Å². The molecule has 0 bridgehead atoms. The van der Waals surface area contributed by atoms with Gasteiger partial charge in [0.15, 0.2) is 0 Å². The number of para-hydroxylation sites is 1. The Balaban J connectivity index is 1.72. The Labute approximate surface area is 119 Å². The minimum absolute atomic E-state index is 0.289. The van der Waals surface area contributed by atoms with Crippen molar-refractivity contribution in [1.29, 1.82) is 0 Å². The Hall–Kier alpha value is -1.51. The molecule has 100 valence electrons. The van der Waals surface area contributed by atoms with E-state index in [4.69, 9.17) is 16.3 Å². The third-order valence-corrected chi connectivity index (χ3v) is 3.19. The van der Waals surface area contributed by atoms with E-state index in [1.807, 2.05) is 54.6 Å². The average Bonchev–Trinajstić information content (AvgIpc) is 2.45. The van der Waals surface area contributed by atoms with E-state index in [2.05, 4.69) is 12.2 Å². The van der Waals surface area contributed by atoms with Crippen LogP contribution in [0.1, 0.15) is 18.5 Å². The van der Waals surface area contributed by atoms with Gasteiger partial charge in [0.2, 0.25) is 0 Å². The summed E-state index contributed by atoms with van der Waals surface area (Å²) in [6.07, 6.45) is 0. The number of hydrogen-bond acceptors (Lipinski definition) is 2. The molecule has 0 aliphatic carbocycles. The van der Waals surface area contributed by atoms with Crippen LogP contribution < -0.4 is 10.1 Å². The van der Waals surface area contributed by atoms with Crippen LogP contribution in [-0.4, -0.2) is 13.2 Å². The molecule has 0 amide bonds. The molecule has 2 aromatic rings. The molecule has 2 aromatic carbocycles. The molecule has 0 saturated carbocycles. The lowest BCUT2D eigenvalue weighted by Crippen LogP contribution is -2.24. The van der Waals surface area contributed by atoms with Crippen LogP contribution in [-0.2, 0) is 0 Å². The summed E-state index contributed by atoms with van der Waals surface area (Å²) in [4.78, 5) is 0. The van der Waals surface area contributed by atoms with Crippen LogP contribution >= 0.6 is 11.6 Å². The van der Waals surface area contributed by atoms with Gasteiger partial charge in [-0.3, -0.25) is 0 Å². The highest BCUT2D eigenvalue weighted by atomic mass is 35.5. The second-order valence-electron chi connectivity index (χ2n) is 4.39. The summed E-state index contributed by atoms with van der Waals surface area (Å²) in [7, 11) is 0. The van der Waals surface area contributed by atoms with E-state index in [1.54, 1.807) is 0 Å². The lowest BCUT2D eigenvalue weighted by molar-refractivity contribution is 0.307. The highest BCUT2D eigenvalue weighted by Gasteiger charge is 2.03. The molecule has 0 heterocycles. The SMILES string of the molecule is CC(NCCOc1ccccc1)c1ccc(Cl)cc1. The van der Waals surface area contributed by atoms with Gasteiger partial charge in [-0.05, 0) is 36.8 Å². The zero-order valence-corrected chi connectivity index (χ0v) is 11.7. The minimum atomic E-state index is 0.289. The third-order valence-electron chi connectivity index (χ3n) is 2.93. The fraction of sp³-hybridized carbons (Fsp3) is 0.250. The lowest BCUT2D eigenvalue weighted by Gasteiger charge is -2.14. The maximum absolute atomic E-state index is 5.87. The van der Waals surface area contributed by atoms with E-state index in [9.17, 15) is 0 Å². The van der Waals surface area contributed by atoms with Gasteiger partial charge in [-0.2, -0.15) is 0 Å². The number of benzene rings is 2. The Bertz CT molecular complexity index is 484. The smallest absolute Gasteiger partial charge is 0.119 e. The van der Waals surface area contributed by atoms with Crippen molar-refractivity contribution in [3.63, 3.8) is 0 Å². The quantitative estimate of drug-likeness (QED) is 0.803. The van der Waals surface area contributed by atoms with E-state index in [-0.39, 0.29) is 6.04 Å². The zero-order chi connectivity index (χ0) is 13.5. The Morgan fingerprint density at radius 3 is 2.42 bits per heavy atom. The first-order valence-electron chi connectivity index (χ1n) is 6.42. The van der Waals surface area contributed by atoms with Gasteiger partial charge >= 0.3 is 0 Å². The van der Waals surface area contributed by atoms with E-state index >= 15 is 0 Å². The van der Waals surface area contributed by atoms with Crippen molar-refractivity contribution in [3.8, 4) is 5.75 Å². The van der Waals surface area contributed by atoms with Crippen molar-refractivity contribution in [1.82, 2.24) is 5.32 Å². The highest BCUT2D eigenvalue weighted by molar-refractivity contribution is 6.30. The minimum Gasteiger partial charge on any atom is -0.492 e. The Morgan fingerprint density at radius 1 is 1.05 bits per heavy atom. The normalized spacial score (nSPS) is 12.1. The number of nitrogens with one attached hydrogen (secondary N) is 1. The average molecular weight is 276 g/mol. The predicted molar refractivity (Wildman–Crippen MR) is 79.8 cm³/mol. The topological polar surface area (TPSA) is 21.3 Å². The van der Waals surface area contributed by atoms with Crippen molar-refractivity contribution in [2.75, 3.05) is 13.2 Å². The molecule has 3 heteroatoms. The molecular formula is C16H18ClNO. The summed E-state index contributed by atoms with van der Waals surface area (Å²) < 4.78 is 5.63. The Kier molecular flexibility index (Phi) is 5.25. The molecule has 0 aliphatic rings. The summed E-state index contributed by atoms with van der Waals surface area (Å²) in [5, 5.41) is 4.19. The van der Waals surface area contributed by atoms with Gasteiger partial charge < -0.3 is 10.1 Å². The number of halogens is 1. The molecule has 0 radical (unpaired) electrons. The van der Waals surface area contributed by atoms with Crippen LogP contribution in [0.3, 0.4) is 0 Å². The van der Waals surface area contributed by atoms with Crippen molar-refractivity contribution >= 4 is 11.6 Å². The second-order valence-corrected chi connectivity index (χ2v) is 4.83. The first kappa shape index (κ1) is 13.9. The first-order valence-corrected chi connectivity index (χ1v) is 6.80. The molecule has 1 N–H and O–H groups in total. The molecule has 0 fully saturated rings. The van der Waals surface area contributed by atoms with Crippen LogP contribution in [0.25, 0.3) is 0 Å². The number of ether oxygens (including phenoxy) is 1. The van der Waals surface area contributed by atoms with Crippen LogP contribution in [0.2, 0.25) is 5.02 Å². The summed E-state index contributed by atoms with van der Waals surface area (Å²) in [5.74, 6) is 0.906. The van der Waals surface area contributed by atoms with Crippen LogP contribution in [0.15, 0.2) is 54.6 Å². The van der Waals surface area contributed by atoms with Gasteiger partial charge in [0.25, 0.3) is 0 Å². The molecule has 2 nitrogen and oxygen atoms in total. The highest BCUT2D eigenvalue weighted by Crippen LogP contribution is 2.15. The molecule has 0 spiro atoms. The summed E-state index contributed by atoms with van der Waals surface area (Å²) in [6.45, 7) is 3.59. The Morgan fingerprint density at radius 2 is 1.74 bits per heavy atom. The second kappa shape index (κ2) is 7.17. The molecule has 0 saturated heterocycles. The van der Waals surface area contributed by atoms with E-state index in [1.165, 1.54) is 5.56 Å². The standard InChI is InChI=1S/C16H18ClNO/c1-13(14-7-9-15(17)10-8-14)18-11-12-19-16-5-3-2-4-6-16/h2-10,13,18H,11-12H2,1H3. The van der Waals surface area contributed by atoms with Crippen LogP contribution in [0.5, 0.6) is 5.75 Å². The van der Waals surface area contributed by atoms with Gasteiger partial charge in [0.05, 0.1) is 0 Å². The molecule has 19 heavy (non-hydrogen) atoms. The molecule has 1 unspecified atom stereocenters. The fourth-order valence-electron chi connectivity index (χ4n) is 1.83. The first-order chi connectivity index (χ1) is 9.25. The number of rotatable bonds is 6. The van der Waals surface area contributed by atoms with Gasteiger partial charge in [0, 0.05) is 17.6 Å². The van der Waals surface area contributed by atoms with Crippen molar-refractivity contribution in [3.05, 3.63) is 65.2 Å². The summed E-state index contributed by atoms with van der Waals surface area (Å²) in [5.41, 5.74) is 1.23. The summed E-state index contributed by atoms with van der Waals surface area (Å²) in [6, 6.07) is 18.0. The van der Waals surface area contributed by atoms with Gasteiger partial charge in [-0.25, -0.2) is 0 Å². The fourth-order valence-corrected chi connectivity index (χ4v) is 1.96. The van der Waals surface area contributed by atoms with E-state index in [0.29, 0.717) is 6.61 Å².